The molecule has 1 aromatic heterocycles. The highest BCUT2D eigenvalue weighted by molar-refractivity contribution is 5.92. The summed E-state index contributed by atoms with van der Waals surface area (Å²) in [4.78, 5) is 29.2. The first kappa shape index (κ1) is 14.3. The maximum Gasteiger partial charge on any atom is 0.319 e. The van der Waals surface area contributed by atoms with Crippen molar-refractivity contribution in [2.24, 2.45) is 0 Å². The molecule has 20 heavy (non-hydrogen) atoms. The second-order valence-electron chi connectivity index (χ2n) is 4.49. The lowest BCUT2D eigenvalue weighted by Crippen LogP contribution is -2.46. The van der Waals surface area contributed by atoms with Gasteiger partial charge in [-0.1, -0.05) is 0 Å². The number of morpholine rings is 1. The Morgan fingerprint density at radius 1 is 1.40 bits per heavy atom. The second kappa shape index (κ2) is 6.85. The van der Waals surface area contributed by atoms with E-state index in [1.54, 1.807) is 23.2 Å². The number of rotatable bonds is 3. The largest absolute Gasteiger partial charge is 0.378 e. The van der Waals surface area contributed by atoms with Gasteiger partial charge in [-0.2, -0.15) is 0 Å². The molecule has 0 aromatic carbocycles. The van der Waals surface area contributed by atoms with Crippen LogP contribution in [0.5, 0.6) is 0 Å². The van der Waals surface area contributed by atoms with E-state index in [1.807, 2.05) is 6.92 Å². The van der Waals surface area contributed by atoms with Crippen LogP contribution in [0.3, 0.4) is 0 Å². The SMILES string of the molecule is Cc1cc(NC(=O)NCC(=O)N2CCOCC2)ccn1. The molecule has 2 N–H and O–H groups in total. The third-order valence-electron chi connectivity index (χ3n) is 2.92. The van der Waals surface area contributed by atoms with E-state index in [2.05, 4.69) is 15.6 Å². The molecule has 0 radical (unpaired) electrons. The summed E-state index contributed by atoms with van der Waals surface area (Å²) in [6, 6.07) is 3.04. The number of nitrogens with zero attached hydrogens (tertiary/aromatic N) is 2. The van der Waals surface area contributed by atoms with E-state index in [1.165, 1.54) is 0 Å². The maximum absolute atomic E-state index is 11.8. The van der Waals surface area contributed by atoms with Crippen molar-refractivity contribution in [1.82, 2.24) is 15.2 Å². The van der Waals surface area contributed by atoms with Crippen molar-refractivity contribution in [1.29, 1.82) is 0 Å². The number of carbonyl (C=O) groups is 2. The van der Waals surface area contributed by atoms with Gasteiger partial charge in [0.1, 0.15) is 0 Å². The first-order valence-corrected chi connectivity index (χ1v) is 6.48. The number of anilines is 1. The number of urea groups is 1. The molecule has 0 unspecified atom stereocenters. The second-order valence-corrected chi connectivity index (χ2v) is 4.49. The van der Waals surface area contributed by atoms with E-state index >= 15 is 0 Å². The highest BCUT2D eigenvalue weighted by Crippen LogP contribution is 2.06. The topological polar surface area (TPSA) is 83.6 Å². The van der Waals surface area contributed by atoms with Crippen LogP contribution in [0.25, 0.3) is 0 Å². The first-order valence-electron chi connectivity index (χ1n) is 6.48. The number of carbonyl (C=O) groups excluding carboxylic acids is 2. The van der Waals surface area contributed by atoms with Crippen molar-refractivity contribution in [3.8, 4) is 0 Å². The van der Waals surface area contributed by atoms with Crippen LogP contribution < -0.4 is 10.6 Å². The van der Waals surface area contributed by atoms with Gasteiger partial charge in [0.2, 0.25) is 5.91 Å². The molecular weight excluding hydrogens is 260 g/mol. The Labute approximate surface area is 117 Å². The minimum absolute atomic E-state index is 0.0180. The summed E-state index contributed by atoms with van der Waals surface area (Å²) < 4.78 is 5.17. The molecule has 0 saturated carbocycles. The fourth-order valence-corrected chi connectivity index (χ4v) is 1.88. The van der Waals surface area contributed by atoms with Crippen molar-refractivity contribution >= 4 is 17.6 Å². The van der Waals surface area contributed by atoms with Gasteiger partial charge in [-0.15, -0.1) is 0 Å². The minimum atomic E-state index is -0.405. The number of aryl methyl sites for hydroxylation is 1. The molecule has 0 atom stereocenters. The molecule has 7 heteroatoms. The van der Waals surface area contributed by atoms with Crippen LogP contribution in [0.15, 0.2) is 18.3 Å². The third-order valence-corrected chi connectivity index (χ3v) is 2.92. The number of hydrogen-bond acceptors (Lipinski definition) is 4. The molecule has 1 fully saturated rings. The van der Waals surface area contributed by atoms with Gasteiger partial charge in [0.25, 0.3) is 0 Å². The van der Waals surface area contributed by atoms with Crippen LogP contribution in [-0.2, 0) is 9.53 Å². The molecule has 1 aliphatic heterocycles. The number of ether oxygens (including phenoxy) is 1. The van der Waals surface area contributed by atoms with Gasteiger partial charge in [0.05, 0.1) is 19.8 Å². The van der Waals surface area contributed by atoms with Crippen LogP contribution >= 0.6 is 0 Å². The van der Waals surface area contributed by atoms with E-state index in [9.17, 15) is 9.59 Å². The van der Waals surface area contributed by atoms with Gasteiger partial charge in [-0.3, -0.25) is 9.78 Å². The lowest BCUT2D eigenvalue weighted by Gasteiger charge is -2.26. The molecule has 2 heterocycles. The van der Waals surface area contributed by atoms with E-state index < -0.39 is 6.03 Å². The summed E-state index contributed by atoms with van der Waals surface area (Å²) >= 11 is 0. The molecule has 0 aliphatic carbocycles. The maximum atomic E-state index is 11.8. The van der Waals surface area contributed by atoms with Gasteiger partial charge in [0.15, 0.2) is 0 Å². The normalized spacial score (nSPS) is 14.8. The fourth-order valence-electron chi connectivity index (χ4n) is 1.88. The van der Waals surface area contributed by atoms with Gasteiger partial charge >= 0.3 is 6.03 Å². The van der Waals surface area contributed by atoms with Gasteiger partial charge < -0.3 is 20.3 Å². The number of amides is 3. The van der Waals surface area contributed by atoms with E-state index in [-0.39, 0.29) is 12.5 Å². The summed E-state index contributed by atoms with van der Waals surface area (Å²) in [5.74, 6) is -0.102. The molecule has 1 saturated heterocycles. The van der Waals surface area contributed by atoms with Crippen LogP contribution in [0, 0.1) is 6.92 Å². The zero-order valence-electron chi connectivity index (χ0n) is 11.4. The van der Waals surface area contributed by atoms with Crippen molar-refractivity contribution in [2.75, 3.05) is 38.2 Å². The van der Waals surface area contributed by atoms with Crippen LogP contribution in [-0.4, -0.2) is 54.7 Å². The molecule has 2 rings (SSSR count). The van der Waals surface area contributed by atoms with E-state index in [4.69, 9.17) is 4.74 Å². The Hall–Kier alpha value is -2.15. The average Bonchev–Trinajstić information content (AvgIpc) is 2.46. The van der Waals surface area contributed by atoms with Crippen molar-refractivity contribution in [3.63, 3.8) is 0 Å². The summed E-state index contributed by atoms with van der Waals surface area (Å²) in [7, 11) is 0. The standard InChI is InChI=1S/C13H18N4O3/c1-10-8-11(2-3-14-10)16-13(19)15-9-12(18)17-4-6-20-7-5-17/h2-3,8H,4-7,9H2,1H3,(H2,14,15,16,19). The van der Waals surface area contributed by atoms with Crippen LogP contribution in [0.4, 0.5) is 10.5 Å². The Morgan fingerprint density at radius 3 is 2.85 bits per heavy atom. The molecule has 1 aliphatic rings. The van der Waals surface area contributed by atoms with Crippen LogP contribution in [0.2, 0.25) is 0 Å². The number of nitrogens with one attached hydrogen (secondary N) is 2. The monoisotopic (exact) mass is 278 g/mol. The number of aromatic nitrogens is 1. The van der Waals surface area contributed by atoms with E-state index in [0.29, 0.717) is 32.0 Å². The first-order chi connectivity index (χ1) is 9.65. The Balaban J connectivity index is 1.75. The minimum Gasteiger partial charge on any atom is -0.378 e. The summed E-state index contributed by atoms with van der Waals surface area (Å²) in [6.45, 7) is 4.07. The Morgan fingerprint density at radius 2 is 2.15 bits per heavy atom. The van der Waals surface area contributed by atoms with Gasteiger partial charge in [-0.05, 0) is 19.1 Å². The number of pyridine rings is 1. The van der Waals surface area contributed by atoms with Gasteiger partial charge in [-0.25, -0.2) is 4.79 Å². The molecular formula is C13H18N4O3. The molecule has 1 aromatic rings. The van der Waals surface area contributed by atoms with Crippen LogP contribution in [0.1, 0.15) is 5.69 Å². The predicted molar refractivity (Wildman–Crippen MR) is 73.4 cm³/mol. The van der Waals surface area contributed by atoms with Crippen molar-refractivity contribution < 1.29 is 14.3 Å². The average molecular weight is 278 g/mol. The zero-order valence-corrected chi connectivity index (χ0v) is 11.4. The molecule has 3 amide bonds. The lowest BCUT2D eigenvalue weighted by atomic mass is 10.3. The molecule has 108 valence electrons. The van der Waals surface area contributed by atoms with Crippen molar-refractivity contribution in [2.45, 2.75) is 6.92 Å². The molecule has 0 bridgehead atoms. The summed E-state index contributed by atoms with van der Waals surface area (Å²) in [5.41, 5.74) is 1.46. The van der Waals surface area contributed by atoms with E-state index in [0.717, 1.165) is 5.69 Å². The lowest BCUT2D eigenvalue weighted by molar-refractivity contribution is -0.134. The Bertz CT molecular complexity index is 486. The number of hydrogen-bond donors (Lipinski definition) is 2. The summed E-state index contributed by atoms with van der Waals surface area (Å²) in [6.07, 6.45) is 1.61. The quantitative estimate of drug-likeness (QED) is 0.836. The molecule has 7 nitrogen and oxygen atoms in total. The predicted octanol–water partition coefficient (Wildman–Crippen LogP) is 0.370. The summed E-state index contributed by atoms with van der Waals surface area (Å²) in [5, 5.41) is 5.20. The van der Waals surface area contributed by atoms with Gasteiger partial charge in [0, 0.05) is 30.7 Å². The zero-order chi connectivity index (χ0) is 14.4. The fraction of sp³-hybridized carbons (Fsp3) is 0.462. The molecule has 0 spiro atoms. The third kappa shape index (κ3) is 4.20. The highest BCUT2D eigenvalue weighted by atomic mass is 16.5. The smallest absolute Gasteiger partial charge is 0.319 e. The Kier molecular flexibility index (Phi) is 4.89. The highest BCUT2D eigenvalue weighted by Gasteiger charge is 2.17. The van der Waals surface area contributed by atoms with Crippen molar-refractivity contribution in [3.05, 3.63) is 24.0 Å².